The number of thiazole rings is 1. The number of urea groups is 1. The van der Waals surface area contributed by atoms with Crippen LogP contribution < -0.4 is 5.32 Å². The number of benzene rings is 2. The molecule has 166 valence electrons. The molecule has 1 atom stereocenters. The number of aryl methyl sites for hydroxylation is 1. The van der Waals surface area contributed by atoms with Crippen molar-refractivity contribution < 1.29 is 4.79 Å². The normalized spacial score (nSPS) is 20.3. The van der Waals surface area contributed by atoms with E-state index in [-0.39, 0.29) is 18.1 Å². The number of rotatable bonds is 4. The minimum Gasteiger partial charge on any atom is -0.338 e. The van der Waals surface area contributed by atoms with Crippen molar-refractivity contribution in [3.63, 3.8) is 0 Å². The number of likely N-dealkylation sites (tertiary alicyclic amines) is 1. The first-order valence-electron chi connectivity index (χ1n) is 11.5. The van der Waals surface area contributed by atoms with Gasteiger partial charge in [0.2, 0.25) is 0 Å². The highest BCUT2D eigenvalue weighted by Gasteiger charge is 2.36. The molecular formula is C26H30N4OS. The lowest BCUT2D eigenvalue weighted by Crippen LogP contribution is -2.53. The average Bonchev–Trinajstić information content (AvgIpc) is 3.22. The van der Waals surface area contributed by atoms with Crippen molar-refractivity contribution in [2.45, 2.75) is 44.8 Å². The molecule has 2 aromatic carbocycles. The molecule has 0 radical (unpaired) electrons. The fourth-order valence-electron chi connectivity index (χ4n) is 5.11. The van der Waals surface area contributed by atoms with Crippen LogP contribution in [0, 0.1) is 6.92 Å². The Morgan fingerprint density at radius 3 is 2.56 bits per heavy atom. The van der Waals surface area contributed by atoms with Gasteiger partial charge in [-0.1, -0.05) is 54.6 Å². The highest BCUT2D eigenvalue weighted by atomic mass is 32.1. The van der Waals surface area contributed by atoms with Crippen LogP contribution in [0.15, 0.2) is 60.0 Å². The summed E-state index contributed by atoms with van der Waals surface area (Å²) in [4.78, 5) is 22.7. The first kappa shape index (κ1) is 21.2. The largest absolute Gasteiger partial charge is 0.338 e. The maximum Gasteiger partial charge on any atom is 0.318 e. The summed E-state index contributed by atoms with van der Waals surface area (Å²) in [5, 5.41) is 6.48. The van der Waals surface area contributed by atoms with E-state index in [0.29, 0.717) is 6.54 Å². The van der Waals surface area contributed by atoms with Crippen LogP contribution in [-0.2, 0) is 13.0 Å². The van der Waals surface area contributed by atoms with E-state index in [1.165, 1.54) is 16.7 Å². The fraction of sp³-hybridized carbons (Fsp3) is 0.385. The molecule has 1 saturated heterocycles. The van der Waals surface area contributed by atoms with Gasteiger partial charge in [0.25, 0.3) is 0 Å². The minimum atomic E-state index is -0.0644. The lowest BCUT2D eigenvalue weighted by atomic mass is 9.89. The Hall–Kier alpha value is -2.70. The molecule has 1 aromatic heterocycles. The standard InChI is InChI=1S/C26H30N4OS/c1-19-28-22(18-32-19)17-29-15-12-23(13-16-29)30-25(21-8-3-2-4-9-21)24-10-6-5-7-20(24)11-14-27-26(30)31/h2-10,18,23,25H,11-17H2,1H3,(H,27,31). The molecule has 5 rings (SSSR count). The van der Waals surface area contributed by atoms with Crippen molar-refractivity contribution in [2.75, 3.05) is 19.6 Å². The van der Waals surface area contributed by atoms with Gasteiger partial charge >= 0.3 is 6.03 Å². The summed E-state index contributed by atoms with van der Waals surface area (Å²) in [5.74, 6) is 0. The molecule has 5 nitrogen and oxygen atoms in total. The van der Waals surface area contributed by atoms with Crippen molar-refractivity contribution in [2.24, 2.45) is 0 Å². The predicted octanol–water partition coefficient (Wildman–Crippen LogP) is 4.77. The molecule has 3 aromatic rings. The van der Waals surface area contributed by atoms with E-state index >= 15 is 0 Å². The molecule has 1 fully saturated rings. The highest BCUT2D eigenvalue weighted by Crippen LogP contribution is 2.36. The Balaban J connectivity index is 1.42. The number of fused-ring (bicyclic) bond motifs is 1. The number of carbonyl (C=O) groups excluding carboxylic acids is 1. The molecule has 0 saturated carbocycles. The third-order valence-electron chi connectivity index (χ3n) is 6.65. The van der Waals surface area contributed by atoms with Crippen LogP contribution in [0.2, 0.25) is 0 Å². The van der Waals surface area contributed by atoms with Gasteiger partial charge in [0.15, 0.2) is 0 Å². The SMILES string of the molecule is Cc1nc(CN2CCC(N3C(=O)NCCc4ccccc4C3c3ccccc3)CC2)cs1. The van der Waals surface area contributed by atoms with E-state index in [1.807, 2.05) is 6.07 Å². The van der Waals surface area contributed by atoms with E-state index in [9.17, 15) is 4.79 Å². The van der Waals surface area contributed by atoms with Gasteiger partial charge in [-0.15, -0.1) is 11.3 Å². The molecular weight excluding hydrogens is 416 g/mol. The third kappa shape index (κ3) is 4.43. The second kappa shape index (κ2) is 9.43. The number of hydrogen-bond acceptors (Lipinski definition) is 4. The summed E-state index contributed by atoms with van der Waals surface area (Å²) in [6, 6.07) is 19.3. The van der Waals surface area contributed by atoms with Gasteiger partial charge in [-0.05, 0) is 42.9 Å². The topological polar surface area (TPSA) is 48.5 Å². The first-order valence-corrected chi connectivity index (χ1v) is 12.4. The second-order valence-electron chi connectivity index (χ2n) is 8.77. The van der Waals surface area contributed by atoms with Gasteiger partial charge < -0.3 is 10.2 Å². The van der Waals surface area contributed by atoms with E-state index in [0.717, 1.165) is 49.6 Å². The molecule has 6 heteroatoms. The van der Waals surface area contributed by atoms with Crippen molar-refractivity contribution in [1.82, 2.24) is 20.1 Å². The van der Waals surface area contributed by atoms with Crippen LogP contribution in [0.4, 0.5) is 4.79 Å². The number of carbonyl (C=O) groups is 1. The fourth-order valence-corrected chi connectivity index (χ4v) is 5.71. The van der Waals surface area contributed by atoms with E-state index in [2.05, 4.69) is 80.9 Å². The Kier molecular flexibility index (Phi) is 6.23. The van der Waals surface area contributed by atoms with Crippen molar-refractivity contribution in [3.05, 3.63) is 87.4 Å². The smallest absolute Gasteiger partial charge is 0.318 e. The van der Waals surface area contributed by atoms with Crippen molar-refractivity contribution in [3.8, 4) is 0 Å². The number of aromatic nitrogens is 1. The predicted molar refractivity (Wildman–Crippen MR) is 129 cm³/mol. The van der Waals surface area contributed by atoms with Crippen LogP contribution in [0.25, 0.3) is 0 Å². The van der Waals surface area contributed by atoms with Gasteiger partial charge in [0.1, 0.15) is 0 Å². The van der Waals surface area contributed by atoms with Crippen LogP contribution in [0.1, 0.15) is 46.3 Å². The Morgan fingerprint density at radius 2 is 1.81 bits per heavy atom. The number of nitrogens with one attached hydrogen (secondary N) is 1. The zero-order valence-corrected chi connectivity index (χ0v) is 19.4. The van der Waals surface area contributed by atoms with Gasteiger partial charge in [-0.3, -0.25) is 4.90 Å². The molecule has 0 aliphatic carbocycles. The summed E-state index contributed by atoms with van der Waals surface area (Å²) in [5.41, 5.74) is 4.92. The summed E-state index contributed by atoms with van der Waals surface area (Å²) in [7, 11) is 0. The molecule has 1 unspecified atom stereocenters. The minimum absolute atomic E-state index is 0.0573. The van der Waals surface area contributed by atoms with Crippen LogP contribution >= 0.6 is 11.3 Å². The van der Waals surface area contributed by atoms with Crippen LogP contribution in [-0.4, -0.2) is 46.5 Å². The zero-order chi connectivity index (χ0) is 21.9. The Bertz CT molecular complexity index is 1060. The quantitative estimate of drug-likeness (QED) is 0.628. The average molecular weight is 447 g/mol. The van der Waals surface area contributed by atoms with Gasteiger partial charge in [-0.25, -0.2) is 9.78 Å². The molecule has 0 spiro atoms. The molecule has 32 heavy (non-hydrogen) atoms. The van der Waals surface area contributed by atoms with Gasteiger partial charge in [-0.2, -0.15) is 0 Å². The molecule has 2 amide bonds. The van der Waals surface area contributed by atoms with Crippen molar-refractivity contribution in [1.29, 1.82) is 0 Å². The second-order valence-corrected chi connectivity index (χ2v) is 9.83. The summed E-state index contributed by atoms with van der Waals surface area (Å²) < 4.78 is 0. The molecule has 1 N–H and O–H groups in total. The molecule has 0 bridgehead atoms. The van der Waals surface area contributed by atoms with E-state index in [1.54, 1.807) is 11.3 Å². The first-order chi connectivity index (χ1) is 15.7. The maximum absolute atomic E-state index is 13.4. The summed E-state index contributed by atoms with van der Waals surface area (Å²) in [6.45, 7) is 5.59. The lowest BCUT2D eigenvalue weighted by molar-refractivity contribution is 0.0994. The number of amides is 2. The summed E-state index contributed by atoms with van der Waals surface area (Å²) >= 11 is 1.71. The van der Waals surface area contributed by atoms with Crippen LogP contribution in [0.3, 0.4) is 0 Å². The van der Waals surface area contributed by atoms with E-state index in [4.69, 9.17) is 0 Å². The number of hydrogen-bond donors (Lipinski definition) is 1. The van der Waals surface area contributed by atoms with E-state index < -0.39 is 0 Å². The maximum atomic E-state index is 13.4. The monoisotopic (exact) mass is 446 g/mol. The number of nitrogens with zero attached hydrogens (tertiary/aromatic N) is 3. The Labute approximate surface area is 194 Å². The van der Waals surface area contributed by atoms with Gasteiger partial charge in [0.05, 0.1) is 16.7 Å². The van der Waals surface area contributed by atoms with Crippen molar-refractivity contribution >= 4 is 17.4 Å². The number of piperidine rings is 1. The molecule has 3 heterocycles. The lowest BCUT2D eigenvalue weighted by Gasteiger charge is -2.44. The molecule has 2 aliphatic heterocycles. The van der Waals surface area contributed by atoms with Crippen LogP contribution in [0.5, 0.6) is 0 Å². The highest BCUT2D eigenvalue weighted by molar-refractivity contribution is 7.09. The molecule has 2 aliphatic rings. The zero-order valence-electron chi connectivity index (χ0n) is 18.5. The van der Waals surface area contributed by atoms with Gasteiger partial charge in [0, 0.05) is 37.6 Å². The third-order valence-corrected chi connectivity index (χ3v) is 7.47. The Morgan fingerprint density at radius 1 is 1.06 bits per heavy atom. The summed E-state index contributed by atoms with van der Waals surface area (Å²) in [6.07, 6.45) is 2.81.